The molecule has 0 fully saturated rings. The zero-order valence-corrected chi connectivity index (χ0v) is 12.8. The van der Waals surface area contributed by atoms with E-state index >= 15 is 0 Å². The Labute approximate surface area is 134 Å². The van der Waals surface area contributed by atoms with Gasteiger partial charge < -0.3 is 9.84 Å². The van der Waals surface area contributed by atoms with E-state index < -0.39 is 0 Å². The zero-order valence-electron chi connectivity index (χ0n) is 9.05. The van der Waals surface area contributed by atoms with Crippen LogP contribution in [0.1, 0.15) is 0 Å². The maximum Gasteiger partial charge on any atom is 0.179 e. The highest BCUT2D eigenvalue weighted by molar-refractivity contribution is 6.48. The van der Waals surface area contributed by atoms with E-state index in [1.807, 2.05) is 0 Å². The van der Waals surface area contributed by atoms with Gasteiger partial charge in [0.15, 0.2) is 11.5 Å². The van der Waals surface area contributed by atoms with E-state index in [-0.39, 0.29) is 26.6 Å². The maximum absolute atomic E-state index is 9.83. The zero-order chi connectivity index (χ0) is 14.2. The summed E-state index contributed by atoms with van der Waals surface area (Å²) in [7, 11) is 0. The lowest BCUT2D eigenvalue weighted by atomic mass is 10.3. The maximum atomic E-state index is 9.83. The standard InChI is InChI=1S/C12H5Cl5O2/c13-6-2-1-5(3-7(6)14)19-9-4-8(15)10(16)11(17)12(9)18/h1-4,18H. The van der Waals surface area contributed by atoms with Crippen LogP contribution >= 0.6 is 58.0 Å². The normalized spacial score (nSPS) is 10.6. The summed E-state index contributed by atoms with van der Waals surface area (Å²) in [5.74, 6) is 0.138. The van der Waals surface area contributed by atoms with Gasteiger partial charge in [0.1, 0.15) is 10.8 Å². The van der Waals surface area contributed by atoms with Crippen LogP contribution in [0.15, 0.2) is 24.3 Å². The molecule has 0 heterocycles. The van der Waals surface area contributed by atoms with E-state index in [0.717, 1.165) is 0 Å². The molecular weight excluding hydrogens is 353 g/mol. The lowest BCUT2D eigenvalue weighted by Gasteiger charge is -2.11. The fraction of sp³-hybridized carbons (Fsp3) is 0. The molecule has 0 atom stereocenters. The Kier molecular flexibility index (Phi) is 4.59. The van der Waals surface area contributed by atoms with E-state index in [2.05, 4.69) is 0 Å². The highest BCUT2D eigenvalue weighted by atomic mass is 35.5. The minimum atomic E-state index is -0.304. The third kappa shape index (κ3) is 3.15. The van der Waals surface area contributed by atoms with Crippen LogP contribution in [0, 0.1) is 0 Å². The Morgan fingerprint density at radius 3 is 2.11 bits per heavy atom. The molecular formula is C12H5Cl5O2. The molecule has 19 heavy (non-hydrogen) atoms. The smallest absolute Gasteiger partial charge is 0.179 e. The van der Waals surface area contributed by atoms with Gasteiger partial charge in [0.2, 0.25) is 0 Å². The van der Waals surface area contributed by atoms with Crippen molar-refractivity contribution in [2.75, 3.05) is 0 Å². The number of aromatic hydroxyl groups is 1. The molecule has 0 unspecified atom stereocenters. The Morgan fingerprint density at radius 1 is 0.789 bits per heavy atom. The molecule has 0 aliphatic heterocycles. The molecule has 0 aliphatic carbocycles. The van der Waals surface area contributed by atoms with Gasteiger partial charge >= 0.3 is 0 Å². The summed E-state index contributed by atoms with van der Waals surface area (Å²) in [4.78, 5) is 0. The first-order valence-corrected chi connectivity index (χ1v) is 6.78. The molecule has 2 aromatic rings. The molecule has 0 spiro atoms. The molecule has 0 aliphatic rings. The monoisotopic (exact) mass is 356 g/mol. The topological polar surface area (TPSA) is 29.5 Å². The van der Waals surface area contributed by atoms with Crippen molar-refractivity contribution in [1.29, 1.82) is 0 Å². The van der Waals surface area contributed by atoms with Gasteiger partial charge in [-0.1, -0.05) is 58.0 Å². The highest BCUT2D eigenvalue weighted by Gasteiger charge is 2.16. The van der Waals surface area contributed by atoms with Gasteiger partial charge in [-0.05, 0) is 12.1 Å². The van der Waals surface area contributed by atoms with Gasteiger partial charge in [0.05, 0.1) is 20.1 Å². The van der Waals surface area contributed by atoms with Gasteiger partial charge in [-0.3, -0.25) is 0 Å². The summed E-state index contributed by atoms with van der Waals surface area (Å²) in [6.45, 7) is 0. The molecule has 7 heteroatoms. The first kappa shape index (κ1) is 14.9. The lowest BCUT2D eigenvalue weighted by Crippen LogP contribution is -1.87. The average Bonchev–Trinajstić information content (AvgIpc) is 2.38. The first-order valence-electron chi connectivity index (χ1n) is 4.89. The molecule has 0 saturated heterocycles. The summed E-state index contributed by atoms with van der Waals surface area (Å²) in [6, 6.07) is 6.01. The van der Waals surface area contributed by atoms with Gasteiger partial charge in [-0.2, -0.15) is 0 Å². The van der Waals surface area contributed by atoms with Gasteiger partial charge in [-0.15, -0.1) is 0 Å². The predicted octanol–water partition coefficient (Wildman–Crippen LogP) is 6.45. The third-order valence-electron chi connectivity index (χ3n) is 2.22. The second-order valence-corrected chi connectivity index (χ2v) is 5.49. The second-order valence-electron chi connectivity index (χ2n) is 3.51. The van der Waals surface area contributed by atoms with E-state index in [0.29, 0.717) is 15.8 Å². The van der Waals surface area contributed by atoms with Crippen molar-refractivity contribution in [3.63, 3.8) is 0 Å². The molecule has 0 radical (unpaired) electrons. The van der Waals surface area contributed by atoms with E-state index in [4.69, 9.17) is 62.7 Å². The summed E-state index contributed by atoms with van der Waals surface area (Å²) >= 11 is 29.1. The van der Waals surface area contributed by atoms with Crippen molar-refractivity contribution < 1.29 is 9.84 Å². The van der Waals surface area contributed by atoms with Crippen molar-refractivity contribution in [1.82, 2.24) is 0 Å². The number of phenols is 1. The Balaban J connectivity index is 2.41. The van der Waals surface area contributed by atoms with Crippen LogP contribution in [-0.2, 0) is 0 Å². The molecule has 2 rings (SSSR count). The molecule has 2 aromatic carbocycles. The molecule has 0 bridgehead atoms. The number of hydrogen-bond acceptors (Lipinski definition) is 2. The highest BCUT2D eigenvalue weighted by Crippen LogP contribution is 2.45. The van der Waals surface area contributed by atoms with E-state index in [1.54, 1.807) is 12.1 Å². The summed E-state index contributed by atoms with van der Waals surface area (Å²) in [5.41, 5.74) is 0. The Bertz CT molecular complexity index is 643. The summed E-state index contributed by atoms with van der Waals surface area (Å²) in [6.07, 6.45) is 0. The van der Waals surface area contributed by atoms with Crippen LogP contribution in [-0.4, -0.2) is 5.11 Å². The number of halogens is 5. The SMILES string of the molecule is Oc1c(Oc2ccc(Cl)c(Cl)c2)cc(Cl)c(Cl)c1Cl. The largest absolute Gasteiger partial charge is 0.503 e. The minimum Gasteiger partial charge on any atom is -0.503 e. The number of benzene rings is 2. The quantitative estimate of drug-likeness (QED) is 0.625. The van der Waals surface area contributed by atoms with Crippen molar-refractivity contribution >= 4 is 58.0 Å². The number of phenolic OH excluding ortho intramolecular Hbond substituents is 1. The van der Waals surface area contributed by atoms with E-state index in [1.165, 1.54) is 12.1 Å². The number of hydrogen-bond donors (Lipinski definition) is 1. The Hall–Kier alpha value is -0.510. The molecule has 0 aromatic heterocycles. The molecule has 100 valence electrons. The van der Waals surface area contributed by atoms with Crippen molar-refractivity contribution in [3.8, 4) is 17.2 Å². The average molecular weight is 358 g/mol. The van der Waals surface area contributed by atoms with Crippen molar-refractivity contribution in [2.24, 2.45) is 0 Å². The van der Waals surface area contributed by atoms with Crippen LogP contribution in [0.5, 0.6) is 17.2 Å². The summed E-state index contributed by atoms with van der Waals surface area (Å²) < 4.78 is 5.44. The summed E-state index contributed by atoms with van der Waals surface area (Å²) in [5, 5.41) is 10.7. The van der Waals surface area contributed by atoms with Crippen LogP contribution < -0.4 is 4.74 Å². The van der Waals surface area contributed by atoms with Crippen molar-refractivity contribution in [3.05, 3.63) is 49.4 Å². The predicted molar refractivity (Wildman–Crippen MR) is 79.7 cm³/mol. The second kappa shape index (κ2) is 5.86. The lowest BCUT2D eigenvalue weighted by molar-refractivity contribution is 0.411. The Morgan fingerprint density at radius 2 is 1.47 bits per heavy atom. The molecule has 0 amide bonds. The van der Waals surface area contributed by atoms with Gasteiger partial charge in [0.25, 0.3) is 0 Å². The molecule has 2 nitrogen and oxygen atoms in total. The molecule has 1 N–H and O–H groups in total. The number of ether oxygens (including phenoxy) is 1. The molecule has 0 saturated carbocycles. The van der Waals surface area contributed by atoms with Gasteiger partial charge in [-0.25, -0.2) is 0 Å². The third-order valence-corrected chi connectivity index (χ3v) is 4.21. The minimum absolute atomic E-state index is 0.0577. The van der Waals surface area contributed by atoms with E-state index in [9.17, 15) is 5.11 Å². The van der Waals surface area contributed by atoms with Crippen LogP contribution in [0.4, 0.5) is 0 Å². The number of rotatable bonds is 2. The van der Waals surface area contributed by atoms with Crippen LogP contribution in [0.25, 0.3) is 0 Å². The van der Waals surface area contributed by atoms with Crippen LogP contribution in [0.3, 0.4) is 0 Å². The van der Waals surface area contributed by atoms with Crippen LogP contribution in [0.2, 0.25) is 25.1 Å². The fourth-order valence-corrected chi connectivity index (χ4v) is 2.18. The fourth-order valence-electron chi connectivity index (χ4n) is 1.31. The van der Waals surface area contributed by atoms with Crippen molar-refractivity contribution in [2.45, 2.75) is 0 Å². The van der Waals surface area contributed by atoms with Gasteiger partial charge in [0, 0.05) is 12.1 Å². The first-order chi connectivity index (χ1) is 8.90.